The van der Waals surface area contributed by atoms with Gasteiger partial charge in [-0.05, 0) is 19.4 Å². The van der Waals surface area contributed by atoms with Gasteiger partial charge in [0.05, 0.1) is 16.7 Å². The number of nitro groups is 1. The Bertz CT molecular complexity index is 794. The Labute approximate surface area is 128 Å². The fraction of sp³-hybridized carbons (Fsp3) is 0.308. The number of benzene rings is 1. The summed E-state index contributed by atoms with van der Waals surface area (Å²) < 4.78 is 28.6. The van der Waals surface area contributed by atoms with Gasteiger partial charge in [0.15, 0.2) is 0 Å². The first-order valence-electron chi connectivity index (χ1n) is 6.39. The summed E-state index contributed by atoms with van der Waals surface area (Å²) in [7, 11) is -2.11. The monoisotopic (exact) mass is 324 g/mol. The van der Waals surface area contributed by atoms with E-state index in [0.29, 0.717) is 5.56 Å². The smallest absolute Gasteiger partial charge is 0.269 e. The zero-order valence-electron chi connectivity index (χ0n) is 12.3. The molecule has 2 rings (SSSR count). The van der Waals surface area contributed by atoms with Crippen molar-refractivity contribution >= 4 is 15.7 Å². The maximum atomic E-state index is 12.3. The third-order valence-corrected chi connectivity index (χ3v) is 4.79. The molecule has 1 aromatic carbocycles. The number of nitrogens with zero attached hydrogens (tertiary/aromatic N) is 3. The SMILES string of the molecule is Cn1cc(S(=O)(=O)NC(C)(C)c2ccc([N+](=O)[O-])cc2)cn1. The highest BCUT2D eigenvalue weighted by Gasteiger charge is 2.29. The highest BCUT2D eigenvalue weighted by molar-refractivity contribution is 7.89. The number of hydrogen-bond donors (Lipinski definition) is 1. The normalized spacial score (nSPS) is 12.3. The summed E-state index contributed by atoms with van der Waals surface area (Å²) in [6, 6.07) is 5.75. The number of aromatic nitrogens is 2. The van der Waals surface area contributed by atoms with Crippen LogP contribution in [0.2, 0.25) is 0 Å². The highest BCUT2D eigenvalue weighted by atomic mass is 32.2. The number of nitrogens with one attached hydrogen (secondary N) is 1. The molecule has 0 spiro atoms. The van der Waals surface area contributed by atoms with Gasteiger partial charge in [-0.15, -0.1) is 0 Å². The fourth-order valence-electron chi connectivity index (χ4n) is 1.99. The summed E-state index contributed by atoms with van der Waals surface area (Å²) in [5.74, 6) is 0. The number of hydrogen-bond acceptors (Lipinski definition) is 5. The van der Waals surface area contributed by atoms with Gasteiger partial charge in [0.2, 0.25) is 10.0 Å². The highest BCUT2D eigenvalue weighted by Crippen LogP contribution is 2.25. The van der Waals surface area contributed by atoms with Crippen LogP contribution in [-0.2, 0) is 22.6 Å². The van der Waals surface area contributed by atoms with Crippen molar-refractivity contribution in [3.63, 3.8) is 0 Å². The van der Waals surface area contributed by atoms with E-state index in [1.165, 1.54) is 41.3 Å². The molecule has 1 heterocycles. The molecule has 0 amide bonds. The van der Waals surface area contributed by atoms with Crippen molar-refractivity contribution < 1.29 is 13.3 Å². The molecule has 0 unspecified atom stereocenters. The number of sulfonamides is 1. The molecule has 0 fully saturated rings. The van der Waals surface area contributed by atoms with Crippen molar-refractivity contribution in [2.75, 3.05) is 0 Å². The van der Waals surface area contributed by atoms with Gasteiger partial charge in [-0.1, -0.05) is 12.1 Å². The van der Waals surface area contributed by atoms with Crippen LogP contribution >= 0.6 is 0 Å². The van der Waals surface area contributed by atoms with Gasteiger partial charge in [0, 0.05) is 25.4 Å². The minimum Gasteiger partial charge on any atom is -0.274 e. The Morgan fingerprint density at radius 1 is 1.27 bits per heavy atom. The molecule has 118 valence electrons. The molecule has 0 aliphatic rings. The van der Waals surface area contributed by atoms with Gasteiger partial charge in [-0.2, -0.15) is 5.10 Å². The zero-order chi connectivity index (χ0) is 16.5. The molecule has 0 atom stereocenters. The van der Waals surface area contributed by atoms with Crippen molar-refractivity contribution in [2.24, 2.45) is 7.05 Å². The minimum atomic E-state index is -3.74. The second kappa shape index (κ2) is 5.50. The number of aryl methyl sites for hydroxylation is 1. The van der Waals surface area contributed by atoms with E-state index in [-0.39, 0.29) is 10.6 Å². The Hall–Kier alpha value is -2.26. The lowest BCUT2D eigenvalue weighted by Crippen LogP contribution is -2.40. The van der Waals surface area contributed by atoms with E-state index in [1.807, 2.05) is 0 Å². The fourth-order valence-corrected chi connectivity index (χ4v) is 3.38. The van der Waals surface area contributed by atoms with Crippen molar-refractivity contribution in [1.29, 1.82) is 0 Å². The second-order valence-corrected chi connectivity index (χ2v) is 7.07. The summed E-state index contributed by atoms with van der Waals surface area (Å²) in [5.41, 5.74) is -0.357. The first-order chi connectivity index (χ1) is 10.1. The predicted molar refractivity (Wildman–Crippen MR) is 79.7 cm³/mol. The molecule has 0 aliphatic heterocycles. The zero-order valence-corrected chi connectivity index (χ0v) is 13.2. The van der Waals surface area contributed by atoms with Crippen molar-refractivity contribution in [1.82, 2.24) is 14.5 Å². The van der Waals surface area contributed by atoms with Crippen LogP contribution in [0.1, 0.15) is 19.4 Å². The third-order valence-electron chi connectivity index (χ3n) is 3.18. The van der Waals surface area contributed by atoms with E-state index in [2.05, 4.69) is 9.82 Å². The molecule has 22 heavy (non-hydrogen) atoms. The van der Waals surface area contributed by atoms with Crippen LogP contribution in [0.25, 0.3) is 0 Å². The van der Waals surface area contributed by atoms with Crippen molar-refractivity contribution in [3.8, 4) is 0 Å². The average Bonchev–Trinajstić information content (AvgIpc) is 2.85. The topological polar surface area (TPSA) is 107 Å². The molecular formula is C13H16N4O4S. The van der Waals surface area contributed by atoms with E-state index < -0.39 is 20.5 Å². The molecule has 2 aromatic rings. The lowest BCUT2D eigenvalue weighted by Gasteiger charge is -2.26. The van der Waals surface area contributed by atoms with Gasteiger partial charge in [0.25, 0.3) is 5.69 Å². The number of non-ortho nitro benzene ring substituents is 1. The van der Waals surface area contributed by atoms with Crippen LogP contribution in [0.4, 0.5) is 5.69 Å². The molecule has 9 heteroatoms. The van der Waals surface area contributed by atoms with Gasteiger partial charge in [0.1, 0.15) is 4.90 Å². The average molecular weight is 324 g/mol. The van der Waals surface area contributed by atoms with Crippen LogP contribution < -0.4 is 4.72 Å². The molecule has 0 radical (unpaired) electrons. The van der Waals surface area contributed by atoms with Gasteiger partial charge in [-0.3, -0.25) is 14.8 Å². The Kier molecular flexibility index (Phi) is 4.03. The molecule has 0 aliphatic carbocycles. The maximum absolute atomic E-state index is 12.3. The van der Waals surface area contributed by atoms with Crippen LogP contribution in [-0.4, -0.2) is 23.1 Å². The minimum absolute atomic E-state index is 0.0466. The lowest BCUT2D eigenvalue weighted by atomic mass is 9.96. The number of rotatable bonds is 5. The first kappa shape index (κ1) is 16.1. The number of nitro benzene ring substituents is 1. The van der Waals surface area contributed by atoms with E-state index in [4.69, 9.17) is 0 Å². The molecule has 1 N–H and O–H groups in total. The predicted octanol–water partition coefficient (Wildman–Crippen LogP) is 1.54. The van der Waals surface area contributed by atoms with Crippen LogP contribution in [0.15, 0.2) is 41.6 Å². The van der Waals surface area contributed by atoms with Gasteiger partial charge < -0.3 is 0 Å². The Balaban J connectivity index is 2.28. The van der Waals surface area contributed by atoms with Crippen LogP contribution in [0, 0.1) is 10.1 Å². The van der Waals surface area contributed by atoms with E-state index in [9.17, 15) is 18.5 Å². The third kappa shape index (κ3) is 3.31. The molecule has 8 nitrogen and oxygen atoms in total. The maximum Gasteiger partial charge on any atom is 0.269 e. The molecule has 0 saturated carbocycles. The Morgan fingerprint density at radius 3 is 2.32 bits per heavy atom. The summed E-state index contributed by atoms with van der Waals surface area (Å²) >= 11 is 0. The van der Waals surface area contributed by atoms with Gasteiger partial charge in [-0.25, -0.2) is 13.1 Å². The second-order valence-electron chi connectivity index (χ2n) is 5.38. The quantitative estimate of drug-likeness (QED) is 0.663. The standard InChI is InChI=1S/C13H16N4O4S/c1-13(2,10-4-6-11(7-5-10)17(18)19)15-22(20,21)12-8-14-16(3)9-12/h4-9,15H,1-3H3. The van der Waals surface area contributed by atoms with Crippen molar-refractivity contribution in [2.45, 2.75) is 24.3 Å². The first-order valence-corrected chi connectivity index (χ1v) is 7.88. The molecular weight excluding hydrogens is 308 g/mol. The molecule has 1 aromatic heterocycles. The summed E-state index contributed by atoms with van der Waals surface area (Å²) in [6.45, 7) is 3.37. The summed E-state index contributed by atoms with van der Waals surface area (Å²) in [4.78, 5) is 10.2. The molecule has 0 saturated heterocycles. The van der Waals surface area contributed by atoms with E-state index >= 15 is 0 Å². The summed E-state index contributed by atoms with van der Waals surface area (Å²) in [6.07, 6.45) is 2.66. The van der Waals surface area contributed by atoms with Gasteiger partial charge >= 0.3 is 0 Å². The van der Waals surface area contributed by atoms with E-state index in [1.54, 1.807) is 20.9 Å². The molecule has 0 bridgehead atoms. The van der Waals surface area contributed by atoms with Crippen LogP contribution in [0.5, 0.6) is 0 Å². The van der Waals surface area contributed by atoms with Crippen LogP contribution in [0.3, 0.4) is 0 Å². The Morgan fingerprint density at radius 2 is 1.86 bits per heavy atom. The van der Waals surface area contributed by atoms with Crippen molar-refractivity contribution in [3.05, 3.63) is 52.3 Å². The largest absolute Gasteiger partial charge is 0.274 e. The lowest BCUT2D eigenvalue weighted by molar-refractivity contribution is -0.384. The van der Waals surface area contributed by atoms with E-state index in [0.717, 1.165) is 0 Å². The summed E-state index contributed by atoms with van der Waals surface area (Å²) in [5, 5.41) is 14.5.